The third-order valence-corrected chi connectivity index (χ3v) is 1.40. The Hall–Kier alpha value is -1.09. The molecule has 1 heterocycles. The van der Waals surface area contributed by atoms with Crippen molar-refractivity contribution in [1.29, 1.82) is 0 Å². The summed E-state index contributed by atoms with van der Waals surface area (Å²) in [5.74, 6) is -0.289. The number of aromatic nitrogens is 1. The lowest BCUT2D eigenvalue weighted by Gasteiger charge is -2.13. The zero-order valence-electron chi connectivity index (χ0n) is 6.59. The fourth-order valence-corrected chi connectivity index (χ4v) is 0.801. The number of ketones is 1. The first kappa shape index (κ1) is 8.01. The molecule has 0 aliphatic rings. The van der Waals surface area contributed by atoms with Gasteiger partial charge in [0.25, 0.3) is 0 Å². The predicted molar refractivity (Wildman–Crippen MR) is 41.4 cm³/mol. The molecule has 60 valence electrons. The summed E-state index contributed by atoms with van der Waals surface area (Å²) in [6.07, 6.45) is 1.65. The number of Topliss-reactive ketones (excluding diaryl/α,β-unsaturated/α-hetero) is 1. The summed E-state index contributed by atoms with van der Waals surface area (Å²) in [4.78, 5) is 14.0. The van der Waals surface area contributed by atoms with Crippen LogP contribution in [0.5, 0.6) is 0 Å². The van der Waals surface area contributed by atoms with Crippen molar-refractivity contribution in [3.63, 3.8) is 0 Å². The lowest BCUT2D eigenvalue weighted by molar-refractivity contribution is 0.0483. The number of H-pyrrole nitrogens is 1. The molecule has 0 saturated heterocycles. The van der Waals surface area contributed by atoms with E-state index in [0.29, 0.717) is 5.69 Å². The molecule has 0 amide bonds. The normalized spacial score (nSPS) is 11.5. The zero-order chi connectivity index (χ0) is 8.48. The van der Waals surface area contributed by atoms with Gasteiger partial charge in [0, 0.05) is 6.20 Å². The average Bonchev–Trinajstić information content (AvgIpc) is 2.34. The minimum Gasteiger partial charge on any atom is -0.382 e. The number of hydrogen-bond donors (Lipinski definition) is 2. The molecule has 0 bridgehead atoms. The fourth-order valence-electron chi connectivity index (χ4n) is 0.801. The van der Waals surface area contributed by atoms with Crippen LogP contribution >= 0.6 is 0 Å². The van der Waals surface area contributed by atoms with E-state index in [1.807, 2.05) is 0 Å². The standard InChI is InChI=1S/C8H11NO2/c1-8(2,11)7(10)6-4-3-5-9-6/h3-5,9,11H,1-2H3. The van der Waals surface area contributed by atoms with E-state index in [-0.39, 0.29) is 5.78 Å². The van der Waals surface area contributed by atoms with E-state index in [1.165, 1.54) is 13.8 Å². The van der Waals surface area contributed by atoms with Crippen LogP contribution in [0.4, 0.5) is 0 Å². The highest BCUT2D eigenvalue weighted by atomic mass is 16.3. The Kier molecular flexibility index (Phi) is 1.83. The van der Waals surface area contributed by atoms with E-state index in [4.69, 9.17) is 0 Å². The van der Waals surface area contributed by atoms with Crippen molar-refractivity contribution in [3.8, 4) is 0 Å². The lowest BCUT2D eigenvalue weighted by atomic mass is 10.0. The average molecular weight is 153 g/mol. The molecule has 2 N–H and O–H groups in total. The van der Waals surface area contributed by atoms with Crippen molar-refractivity contribution in [2.45, 2.75) is 19.4 Å². The number of rotatable bonds is 2. The van der Waals surface area contributed by atoms with Gasteiger partial charge in [-0.05, 0) is 26.0 Å². The Morgan fingerprint density at radius 2 is 2.27 bits per heavy atom. The maximum absolute atomic E-state index is 11.2. The van der Waals surface area contributed by atoms with Crippen molar-refractivity contribution in [1.82, 2.24) is 4.98 Å². The summed E-state index contributed by atoms with van der Waals surface area (Å²) in [7, 11) is 0. The van der Waals surface area contributed by atoms with Gasteiger partial charge in [0.2, 0.25) is 5.78 Å². The summed E-state index contributed by atoms with van der Waals surface area (Å²) in [5.41, 5.74) is -0.845. The Bertz CT molecular complexity index is 244. The molecule has 0 aliphatic heterocycles. The van der Waals surface area contributed by atoms with Crippen LogP contribution in [0.15, 0.2) is 18.3 Å². The third kappa shape index (κ3) is 1.68. The zero-order valence-corrected chi connectivity index (χ0v) is 6.59. The Morgan fingerprint density at radius 3 is 2.64 bits per heavy atom. The van der Waals surface area contributed by atoms with E-state index in [0.717, 1.165) is 0 Å². The van der Waals surface area contributed by atoms with Gasteiger partial charge >= 0.3 is 0 Å². The highest BCUT2D eigenvalue weighted by Crippen LogP contribution is 2.09. The van der Waals surface area contributed by atoms with Crippen LogP contribution in [-0.4, -0.2) is 21.5 Å². The first-order valence-electron chi connectivity index (χ1n) is 3.42. The minimum atomic E-state index is -1.29. The molecule has 0 radical (unpaired) electrons. The fraction of sp³-hybridized carbons (Fsp3) is 0.375. The van der Waals surface area contributed by atoms with E-state index < -0.39 is 5.60 Å². The van der Waals surface area contributed by atoms with Gasteiger partial charge < -0.3 is 10.1 Å². The van der Waals surface area contributed by atoms with Crippen LogP contribution in [-0.2, 0) is 0 Å². The molecule has 0 saturated carbocycles. The molecule has 11 heavy (non-hydrogen) atoms. The summed E-state index contributed by atoms with van der Waals surface area (Å²) in [5, 5.41) is 9.29. The Balaban J connectivity index is 2.88. The molecule has 0 aliphatic carbocycles. The minimum absolute atomic E-state index is 0.289. The van der Waals surface area contributed by atoms with Crippen molar-refractivity contribution < 1.29 is 9.90 Å². The molecule has 1 aromatic rings. The van der Waals surface area contributed by atoms with Crippen molar-refractivity contribution in [2.24, 2.45) is 0 Å². The van der Waals surface area contributed by atoms with E-state index >= 15 is 0 Å². The maximum atomic E-state index is 11.2. The molecular formula is C8H11NO2. The van der Waals surface area contributed by atoms with Gasteiger partial charge in [-0.1, -0.05) is 0 Å². The molecule has 0 unspecified atom stereocenters. The summed E-state index contributed by atoms with van der Waals surface area (Å²) >= 11 is 0. The third-order valence-electron chi connectivity index (χ3n) is 1.40. The molecule has 1 rings (SSSR count). The Labute approximate surface area is 65.1 Å². The maximum Gasteiger partial charge on any atom is 0.209 e. The van der Waals surface area contributed by atoms with Crippen LogP contribution in [0.25, 0.3) is 0 Å². The number of nitrogens with one attached hydrogen (secondary N) is 1. The van der Waals surface area contributed by atoms with Gasteiger partial charge in [0.1, 0.15) is 5.60 Å². The monoisotopic (exact) mass is 153 g/mol. The molecule has 0 spiro atoms. The van der Waals surface area contributed by atoms with Crippen LogP contribution < -0.4 is 0 Å². The highest BCUT2D eigenvalue weighted by molar-refractivity contribution is 6.00. The molecule has 0 aromatic carbocycles. The van der Waals surface area contributed by atoms with Crippen molar-refractivity contribution >= 4 is 5.78 Å². The van der Waals surface area contributed by atoms with E-state index in [1.54, 1.807) is 18.3 Å². The first-order chi connectivity index (χ1) is 5.02. The molecule has 1 aromatic heterocycles. The van der Waals surface area contributed by atoms with Crippen LogP contribution in [0.1, 0.15) is 24.3 Å². The van der Waals surface area contributed by atoms with Gasteiger partial charge in [0.15, 0.2) is 0 Å². The smallest absolute Gasteiger partial charge is 0.209 e. The predicted octanol–water partition coefficient (Wildman–Crippen LogP) is 0.968. The second kappa shape index (κ2) is 2.51. The number of aromatic amines is 1. The van der Waals surface area contributed by atoms with Crippen molar-refractivity contribution in [3.05, 3.63) is 24.0 Å². The summed E-state index contributed by atoms with van der Waals surface area (Å²) in [6.45, 7) is 2.94. The first-order valence-corrected chi connectivity index (χ1v) is 3.42. The number of aliphatic hydroxyl groups is 1. The number of carbonyl (C=O) groups is 1. The summed E-state index contributed by atoms with van der Waals surface area (Å²) < 4.78 is 0. The summed E-state index contributed by atoms with van der Waals surface area (Å²) in [6, 6.07) is 3.36. The largest absolute Gasteiger partial charge is 0.382 e. The second-order valence-electron chi connectivity index (χ2n) is 2.97. The second-order valence-corrected chi connectivity index (χ2v) is 2.97. The van der Waals surface area contributed by atoms with Gasteiger partial charge in [-0.15, -0.1) is 0 Å². The molecule has 0 fully saturated rings. The van der Waals surface area contributed by atoms with Gasteiger partial charge in [-0.3, -0.25) is 4.79 Å². The quantitative estimate of drug-likeness (QED) is 0.622. The van der Waals surface area contributed by atoms with Crippen LogP contribution in [0.3, 0.4) is 0 Å². The van der Waals surface area contributed by atoms with Crippen LogP contribution in [0, 0.1) is 0 Å². The SMILES string of the molecule is CC(C)(O)C(=O)c1ccc[nH]1. The van der Waals surface area contributed by atoms with Gasteiger partial charge in [-0.2, -0.15) is 0 Å². The van der Waals surface area contributed by atoms with E-state index in [9.17, 15) is 9.90 Å². The topological polar surface area (TPSA) is 53.1 Å². The molecule has 3 heteroatoms. The highest BCUT2D eigenvalue weighted by Gasteiger charge is 2.25. The number of hydrogen-bond acceptors (Lipinski definition) is 2. The lowest BCUT2D eigenvalue weighted by Crippen LogP contribution is -2.31. The van der Waals surface area contributed by atoms with Crippen molar-refractivity contribution in [2.75, 3.05) is 0 Å². The molecular weight excluding hydrogens is 142 g/mol. The van der Waals surface area contributed by atoms with E-state index in [2.05, 4.69) is 4.98 Å². The number of carbonyl (C=O) groups excluding carboxylic acids is 1. The van der Waals surface area contributed by atoms with Gasteiger partial charge in [0.05, 0.1) is 5.69 Å². The van der Waals surface area contributed by atoms with Crippen LogP contribution in [0.2, 0.25) is 0 Å². The Morgan fingerprint density at radius 1 is 1.64 bits per heavy atom. The van der Waals surface area contributed by atoms with Gasteiger partial charge in [-0.25, -0.2) is 0 Å². The molecule has 3 nitrogen and oxygen atoms in total. The molecule has 0 atom stereocenters.